The lowest BCUT2D eigenvalue weighted by molar-refractivity contribution is -0.135. The van der Waals surface area contributed by atoms with Crippen molar-refractivity contribution < 1.29 is 22.7 Å². The molecule has 4 nitrogen and oxygen atoms in total. The molecule has 0 aromatic rings. The number of nitrogens with zero attached hydrogens (tertiary/aromatic N) is 1. The summed E-state index contributed by atoms with van der Waals surface area (Å²) in [5, 5.41) is 3.03. The second-order valence-electron chi connectivity index (χ2n) is 6.75. The van der Waals surface area contributed by atoms with E-state index in [1.165, 1.54) is 0 Å². The van der Waals surface area contributed by atoms with E-state index in [1.807, 2.05) is 20.8 Å². The number of hydrogen-bond acceptors (Lipinski definition) is 3. The molecule has 1 N–H and O–H groups in total. The van der Waals surface area contributed by atoms with Crippen molar-refractivity contribution in [2.75, 3.05) is 19.6 Å². The van der Waals surface area contributed by atoms with Crippen LogP contribution in [0, 0.1) is 0 Å². The number of carbonyl (C=O) groups is 1. The highest BCUT2D eigenvalue weighted by atomic mass is 19.4. The van der Waals surface area contributed by atoms with Crippen molar-refractivity contribution in [1.82, 2.24) is 10.2 Å². The fraction of sp³-hybridized carbons (Fsp3) is 0.933. The number of piperidine rings is 1. The van der Waals surface area contributed by atoms with Gasteiger partial charge in [-0.05, 0) is 53.0 Å². The van der Waals surface area contributed by atoms with Gasteiger partial charge in [-0.1, -0.05) is 0 Å². The van der Waals surface area contributed by atoms with Crippen molar-refractivity contribution in [2.45, 2.75) is 70.7 Å². The van der Waals surface area contributed by atoms with Crippen molar-refractivity contribution in [3.8, 4) is 0 Å². The SMILES string of the molecule is CC(C)(C)OC(=O)N1CCCCC1CNCCCC(F)(F)F. The van der Waals surface area contributed by atoms with E-state index in [0.717, 1.165) is 19.3 Å². The minimum atomic E-state index is -4.10. The highest BCUT2D eigenvalue weighted by Gasteiger charge is 2.30. The number of ether oxygens (including phenoxy) is 1. The molecule has 1 saturated heterocycles. The van der Waals surface area contributed by atoms with E-state index in [0.29, 0.717) is 19.6 Å². The first-order valence-corrected chi connectivity index (χ1v) is 7.85. The lowest BCUT2D eigenvalue weighted by Crippen LogP contribution is -2.50. The van der Waals surface area contributed by atoms with Gasteiger partial charge in [-0.2, -0.15) is 13.2 Å². The summed E-state index contributed by atoms with van der Waals surface area (Å²) in [5.74, 6) is 0. The third kappa shape index (κ3) is 7.87. The van der Waals surface area contributed by atoms with Gasteiger partial charge in [0, 0.05) is 25.6 Å². The molecule has 1 unspecified atom stereocenters. The highest BCUT2D eigenvalue weighted by molar-refractivity contribution is 5.68. The number of amides is 1. The molecule has 0 aliphatic carbocycles. The highest BCUT2D eigenvalue weighted by Crippen LogP contribution is 2.21. The lowest BCUT2D eigenvalue weighted by Gasteiger charge is -2.37. The number of nitrogens with one attached hydrogen (secondary N) is 1. The van der Waals surface area contributed by atoms with Gasteiger partial charge < -0.3 is 15.0 Å². The largest absolute Gasteiger partial charge is 0.444 e. The third-order valence-electron chi connectivity index (χ3n) is 3.45. The monoisotopic (exact) mass is 324 g/mol. The molecule has 0 aromatic heterocycles. The van der Waals surface area contributed by atoms with E-state index >= 15 is 0 Å². The van der Waals surface area contributed by atoms with Crippen molar-refractivity contribution in [3.63, 3.8) is 0 Å². The number of halogens is 3. The molecule has 1 heterocycles. The molecule has 7 heteroatoms. The molecule has 0 bridgehead atoms. The molecule has 0 spiro atoms. The minimum absolute atomic E-state index is 0.00510. The van der Waals surface area contributed by atoms with E-state index in [4.69, 9.17) is 4.74 Å². The first kappa shape index (κ1) is 19.1. The van der Waals surface area contributed by atoms with Crippen LogP contribution >= 0.6 is 0 Å². The van der Waals surface area contributed by atoms with Crippen LogP contribution in [0.2, 0.25) is 0 Å². The molecule has 0 saturated carbocycles. The summed E-state index contributed by atoms with van der Waals surface area (Å²) in [4.78, 5) is 13.9. The van der Waals surface area contributed by atoms with Crippen LogP contribution in [0.1, 0.15) is 52.9 Å². The molecule has 1 atom stereocenters. The van der Waals surface area contributed by atoms with E-state index in [-0.39, 0.29) is 18.6 Å². The van der Waals surface area contributed by atoms with Gasteiger partial charge >= 0.3 is 12.3 Å². The second kappa shape index (κ2) is 8.04. The van der Waals surface area contributed by atoms with E-state index < -0.39 is 18.2 Å². The summed E-state index contributed by atoms with van der Waals surface area (Å²) in [7, 11) is 0. The minimum Gasteiger partial charge on any atom is -0.444 e. The molecule has 1 rings (SSSR count). The summed E-state index contributed by atoms with van der Waals surface area (Å²) < 4.78 is 41.6. The third-order valence-corrected chi connectivity index (χ3v) is 3.45. The van der Waals surface area contributed by atoms with Gasteiger partial charge in [0.05, 0.1) is 0 Å². The van der Waals surface area contributed by atoms with Crippen LogP contribution in [-0.2, 0) is 4.74 Å². The maximum atomic E-state index is 12.2. The summed E-state index contributed by atoms with van der Waals surface area (Å²) in [6.07, 6.45) is -2.35. The maximum absolute atomic E-state index is 12.2. The zero-order valence-electron chi connectivity index (χ0n) is 13.6. The van der Waals surface area contributed by atoms with Crippen LogP contribution in [0.5, 0.6) is 0 Å². The quantitative estimate of drug-likeness (QED) is 0.784. The second-order valence-corrected chi connectivity index (χ2v) is 6.75. The fourth-order valence-corrected chi connectivity index (χ4v) is 2.46. The zero-order chi connectivity index (χ0) is 16.8. The van der Waals surface area contributed by atoms with E-state index in [2.05, 4.69) is 5.32 Å². The Bertz CT molecular complexity index is 354. The van der Waals surface area contributed by atoms with Crippen LogP contribution in [0.25, 0.3) is 0 Å². The van der Waals surface area contributed by atoms with Crippen molar-refractivity contribution >= 4 is 6.09 Å². The molecular weight excluding hydrogens is 297 g/mol. The van der Waals surface area contributed by atoms with Crippen LogP contribution < -0.4 is 5.32 Å². The van der Waals surface area contributed by atoms with Gasteiger partial charge in [0.2, 0.25) is 0 Å². The van der Waals surface area contributed by atoms with Crippen LogP contribution in [0.3, 0.4) is 0 Å². The Labute approximate surface area is 130 Å². The van der Waals surface area contributed by atoms with Gasteiger partial charge in [0.15, 0.2) is 0 Å². The van der Waals surface area contributed by atoms with E-state index in [1.54, 1.807) is 4.90 Å². The van der Waals surface area contributed by atoms with Gasteiger partial charge in [-0.3, -0.25) is 0 Å². The first-order valence-electron chi connectivity index (χ1n) is 7.85. The van der Waals surface area contributed by atoms with Crippen LogP contribution in [0.4, 0.5) is 18.0 Å². The lowest BCUT2D eigenvalue weighted by atomic mass is 10.0. The molecular formula is C15H27F3N2O2. The zero-order valence-corrected chi connectivity index (χ0v) is 13.6. The molecule has 22 heavy (non-hydrogen) atoms. The number of carbonyl (C=O) groups excluding carboxylic acids is 1. The Morgan fingerprint density at radius 1 is 1.27 bits per heavy atom. The molecule has 1 fully saturated rings. The van der Waals surface area contributed by atoms with E-state index in [9.17, 15) is 18.0 Å². The molecule has 0 aromatic carbocycles. The Morgan fingerprint density at radius 2 is 1.95 bits per heavy atom. The average Bonchev–Trinajstić information content (AvgIpc) is 2.35. The van der Waals surface area contributed by atoms with Gasteiger partial charge in [0.1, 0.15) is 5.60 Å². The summed E-state index contributed by atoms with van der Waals surface area (Å²) in [6, 6.07) is -0.00510. The standard InChI is InChI=1S/C15H27F3N2O2/c1-14(2,3)22-13(21)20-10-5-4-7-12(20)11-19-9-6-8-15(16,17)18/h12,19H,4-11H2,1-3H3. The molecule has 0 radical (unpaired) electrons. The fourth-order valence-electron chi connectivity index (χ4n) is 2.46. The maximum Gasteiger partial charge on any atom is 0.410 e. The van der Waals surface area contributed by atoms with Crippen molar-refractivity contribution in [3.05, 3.63) is 0 Å². The molecule has 130 valence electrons. The Kier molecular flexibility index (Phi) is 6.97. The molecule has 1 aliphatic heterocycles. The predicted molar refractivity (Wildman–Crippen MR) is 78.7 cm³/mol. The smallest absolute Gasteiger partial charge is 0.410 e. The van der Waals surface area contributed by atoms with Gasteiger partial charge in [-0.25, -0.2) is 4.79 Å². The Morgan fingerprint density at radius 3 is 2.55 bits per heavy atom. The topological polar surface area (TPSA) is 41.6 Å². The number of hydrogen-bond donors (Lipinski definition) is 1. The van der Waals surface area contributed by atoms with Crippen LogP contribution in [0.15, 0.2) is 0 Å². The average molecular weight is 324 g/mol. The number of alkyl halides is 3. The molecule has 1 amide bonds. The normalized spacial score (nSPS) is 20.1. The number of likely N-dealkylation sites (tertiary alicyclic amines) is 1. The van der Waals surface area contributed by atoms with Gasteiger partial charge in [0.25, 0.3) is 0 Å². The first-order chi connectivity index (χ1) is 10.1. The summed E-state index contributed by atoms with van der Waals surface area (Å²) in [5.41, 5.74) is -0.542. The predicted octanol–water partition coefficient (Wildman–Crippen LogP) is 3.71. The van der Waals surface area contributed by atoms with Gasteiger partial charge in [-0.15, -0.1) is 0 Å². The van der Waals surface area contributed by atoms with Crippen molar-refractivity contribution in [2.24, 2.45) is 0 Å². The number of rotatable bonds is 5. The Balaban J connectivity index is 2.37. The Hall–Kier alpha value is -0.980. The summed E-state index contributed by atoms with van der Waals surface area (Å²) >= 11 is 0. The van der Waals surface area contributed by atoms with Crippen LogP contribution in [-0.4, -0.2) is 48.4 Å². The summed E-state index contributed by atoms with van der Waals surface area (Å²) in [6.45, 7) is 6.91. The molecule has 1 aliphatic rings. The van der Waals surface area contributed by atoms with Crippen molar-refractivity contribution in [1.29, 1.82) is 0 Å².